The molecule has 27 heavy (non-hydrogen) atoms. The standard InChI is InChI=1S/C21H17N3O3/c1-26-17-7-6-14(18-12-4-2-3-5-16(12)27-19(17)18)21(11-22)9-8-15-13(10-21)20(25)24-23-15/h2-7H,8-10H2,1H3,(H2,23,24,25). The Balaban J connectivity index is 1.83. The molecule has 2 heterocycles. The van der Waals surface area contributed by atoms with Gasteiger partial charge in [0.05, 0.1) is 18.6 Å². The van der Waals surface area contributed by atoms with Crippen LogP contribution in [0.1, 0.15) is 23.2 Å². The van der Waals surface area contributed by atoms with E-state index in [1.165, 1.54) is 0 Å². The second-order valence-electron chi connectivity index (χ2n) is 7.02. The summed E-state index contributed by atoms with van der Waals surface area (Å²) < 4.78 is 11.6. The summed E-state index contributed by atoms with van der Waals surface area (Å²) in [5, 5.41) is 17.6. The number of nitrogens with zero attached hydrogens (tertiary/aromatic N) is 1. The fourth-order valence-corrected chi connectivity index (χ4v) is 4.30. The third-order valence-electron chi connectivity index (χ3n) is 5.69. The molecule has 0 radical (unpaired) electrons. The van der Waals surface area contributed by atoms with Gasteiger partial charge in [-0.15, -0.1) is 0 Å². The van der Waals surface area contributed by atoms with Gasteiger partial charge in [0.15, 0.2) is 11.3 Å². The zero-order valence-electron chi connectivity index (χ0n) is 14.8. The van der Waals surface area contributed by atoms with Crippen LogP contribution in [0.15, 0.2) is 45.6 Å². The summed E-state index contributed by atoms with van der Waals surface area (Å²) in [5.41, 5.74) is 2.90. The van der Waals surface area contributed by atoms with Gasteiger partial charge in [-0.25, -0.2) is 0 Å². The number of fused-ring (bicyclic) bond motifs is 4. The van der Waals surface area contributed by atoms with Crippen LogP contribution in [0.25, 0.3) is 21.9 Å². The van der Waals surface area contributed by atoms with E-state index in [0.717, 1.165) is 27.6 Å². The Morgan fingerprint density at radius 3 is 2.89 bits per heavy atom. The average molecular weight is 359 g/mol. The van der Waals surface area contributed by atoms with E-state index >= 15 is 0 Å². The summed E-state index contributed by atoms with van der Waals surface area (Å²) in [7, 11) is 1.61. The summed E-state index contributed by atoms with van der Waals surface area (Å²) in [6, 6.07) is 14.1. The topological polar surface area (TPSA) is 94.8 Å². The molecule has 1 unspecified atom stereocenters. The molecule has 1 aliphatic carbocycles. The number of ether oxygens (including phenoxy) is 1. The molecular formula is C21H17N3O3. The zero-order valence-corrected chi connectivity index (χ0v) is 14.8. The molecule has 0 aliphatic heterocycles. The first-order chi connectivity index (χ1) is 13.2. The summed E-state index contributed by atoms with van der Waals surface area (Å²) in [6.45, 7) is 0. The molecule has 6 heteroatoms. The smallest absolute Gasteiger partial charge is 0.267 e. The van der Waals surface area contributed by atoms with Crippen LogP contribution < -0.4 is 10.3 Å². The average Bonchev–Trinajstić information content (AvgIpc) is 3.28. The van der Waals surface area contributed by atoms with Crippen LogP contribution in [-0.2, 0) is 18.3 Å². The minimum Gasteiger partial charge on any atom is -0.493 e. The summed E-state index contributed by atoms with van der Waals surface area (Å²) in [5.74, 6) is 0.633. The minimum absolute atomic E-state index is 0.147. The van der Waals surface area contributed by atoms with Crippen molar-refractivity contribution in [3.8, 4) is 11.8 Å². The molecule has 0 saturated carbocycles. The third kappa shape index (κ3) is 2.08. The summed E-state index contributed by atoms with van der Waals surface area (Å²) >= 11 is 0. The van der Waals surface area contributed by atoms with Crippen LogP contribution in [0.2, 0.25) is 0 Å². The van der Waals surface area contributed by atoms with Crippen molar-refractivity contribution in [2.24, 2.45) is 0 Å². The Morgan fingerprint density at radius 2 is 2.07 bits per heavy atom. The Labute approximate surface area is 154 Å². The van der Waals surface area contributed by atoms with Crippen LogP contribution in [0.4, 0.5) is 0 Å². The molecule has 5 rings (SSSR count). The van der Waals surface area contributed by atoms with Crippen molar-refractivity contribution in [1.82, 2.24) is 10.2 Å². The number of rotatable bonds is 2. The number of aryl methyl sites for hydroxylation is 1. The number of benzene rings is 2. The van der Waals surface area contributed by atoms with Crippen LogP contribution in [0, 0.1) is 11.3 Å². The van der Waals surface area contributed by atoms with E-state index < -0.39 is 5.41 Å². The van der Waals surface area contributed by atoms with E-state index in [1.54, 1.807) is 7.11 Å². The maximum absolute atomic E-state index is 12.2. The molecule has 0 spiro atoms. The highest BCUT2D eigenvalue weighted by Crippen LogP contribution is 2.45. The Bertz CT molecular complexity index is 1290. The highest BCUT2D eigenvalue weighted by Gasteiger charge is 2.40. The van der Waals surface area contributed by atoms with E-state index in [9.17, 15) is 10.1 Å². The van der Waals surface area contributed by atoms with Crippen molar-refractivity contribution in [3.63, 3.8) is 0 Å². The fourth-order valence-electron chi connectivity index (χ4n) is 4.30. The van der Waals surface area contributed by atoms with Crippen LogP contribution in [-0.4, -0.2) is 17.3 Å². The number of aromatic amines is 2. The number of methoxy groups -OCH3 is 1. The first kappa shape index (κ1) is 15.8. The quantitative estimate of drug-likeness (QED) is 0.572. The molecule has 2 aromatic carbocycles. The van der Waals surface area contributed by atoms with Crippen molar-refractivity contribution in [3.05, 3.63) is 63.6 Å². The molecule has 1 aliphatic rings. The first-order valence-corrected chi connectivity index (χ1v) is 8.85. The number of nitriles is 1. The van der Waals surface area contributed by atoms with Crippen molar-refractivity contribution in [2.45, 2.75) is 24.7 Å². The lowest BCUT2D eigenvalue weighted by Gasteiger charge is -2.31. The molecule has 0 fully saturated rings. The van der Waals surface area contributed by atoms with E-state index in [2.05, 4.69) is 16.3 Å². The number of nitrogens with one attached hydrogen (secondary N) is 2. The number of para-hydroxylation sites is 1. The van der Waals surface area contributed by atoms with Gasteiger partial charge in [0.1, 0.15) is 5.58 Å². The SMILES string of the molecule is COc1ccc(C2(C#N)CCc3[nH][nH]c(=O)c3C2)c2c1oc1ccccc12. The number of hydrogen-bond donors (Lipinski definition) is 2. The van der Waals surface area contributed by atoms with Crippen molar-refractivity contribution < 1.29 is 9.15 Å². The number of aromatic nitrogens is 2. The maximum atomic E-state index is 12.2. The summed E-state index contributed by atoms with van der Waals surface area (Å²) in [6.07, 6.45) is 1.65. The van der Waals surface area contributed by atoms with Gasteiger partial charge in [-0.3, -0.25) is 9.89 Å². The van der Waals surface area contributed by atoms with Crippen LogP contribution >= 0.6 is 0 Å². The van der Waals surface area contributed by atoms with E-state index in [0.29, 0.717) is 36.2 Å². The van der Waals surface area contributed by atoms with Gasteiger partial charge in [-0.1, -0.05) is 24.3 Å². The molecule has 6 nitrogen and oxygen atoms in total. The predicted octanol–water partition coefficient (Wildman–Crippen LogP) is 3.56. The normalized spacial score (nSPS) is 19.1. The van der Waals surface area contributed by atoms with Crippen molar-refractivity contribution >= 4 is 21.9 Å². The van der Waals surface area contributed by atoms with Crippen molar-refractivity contribution in [1.29, 1.82) is 5.26 Å². The number of hydrogen-bond acceptors (Lipinski definition) is 4. The zero-order chi connectivity index (χ0) is 18.6. The van der Waals surface area contributed by atoms with Gasteiger partial charge in [0.25, 0.3) is 5.56 Å². The van der Waals surface area contributed by atoms with Gasteiger partial charge in [-0.05, 0) is 30.5 Å². The van der Waals surface area contributed by atoms with E-state index in [-0.39, 0.29) is 5.56 Å². The minimum atomic E-state index is -0.792. The lowest BCUT2D eigenvalue weighted by molar-refractivity contribution is 0.411. The third-order valence-corrected chi connectivity index (χ3v) is 5.69. The molecule has 0 amide bonds. The molecular weight excluding hydrogens is 342 g/mol. The fraction of sp³-hybridized carbons (Fsp3) is 0.238. The lowest BCUT2D eigenvalue weighted by atomic mass is 9.69. The molecule has 0 saturated heterocycles. The van der Waals surface area contributed by atoms with E-state index in [4.69, 9.17) is 9.15 Å². The Morgan fingerprint density at radius 1 is 1.22 bits per heavy atom. The summed E-state index contributed by atoms with van der Waals surface area (Å²) in [4.78, 5) is 12.2. The number of furan rings is 1. The van der Waals surface area contributed by atoms with Crippen LogP contribution in [0.3, 0.4) is 0 Å². The van der Waals surface area contributed by atoms with Crippen LogP contribution in [0.5, 0.6) is 5.75 Å². The van der Waals surface area contributed by atoms with E-state index in [1.807, 2.05) is 36.4 Å². The van der Waals surface area contributed by atoms with Gasteiger partial charge in [-0.2, -0.15) is 5.26 Å². The molecule has 1 atom stereocenters. The second-order valence-corrected chi connectivity index (χ2v) is 7.02. The van der Waals surface area contributed by atoms with Gasteiger partial charge >= 0.3 is 0 Å². The molecule has 134 valence electrons. The molecule has 2 N–H and O–H groups in total. The lowest BCUT2D eigenvalue weighted by Crippen LogP contribution is -2.34. The maximum Gasteiger partial charge on any atom is 0.267 e. The highest BCUT2D eigenvalue weighted by molar-refractivity contribution is 6.09. The Kier molecular flexibility index (Phi) is 3.22. The van der Waals surface area contributed by atoms with Crippen molar-refractivity contribution in [2.75, 3.05) is 7.11 Å². The Hall–Kier alpha value is -3.46. The van der Waals surface area contributed by atoms with Gasteiger partial charge < -0.3 is 14.3 Å². The van der Waals surface area contributed by atoms with Gasteiger partial charge in [0, 0.05) is 28.5 Å². The largest absolute Gasteiger partial charge is 0.493 e. The monoisotopic (exact) mass is 359 g/mol. The highest BCUT2D eigenvalue weighted by atomic mass is 16.5. The first-order valence-electron chi connectivity index (χ1n) is 8.85. The molecule has 4 aromatic rings. The second kappa shape index (κ2) is 5.52. The molecule has 2 aromatic heterocycles. The molecule has 0 bridgehead atoms. The predicted molar refractivity (Wildman–Crippen MR) is 101 cm³/mol. The van der Waals surface area contributed by atoms with Gasteiger partial charge in [0.2, 0.25) is 0 Å². The number of H-pyrrole nitrogens is 2.